The van der Waals surface area contributed by atoms with E-state index in [0.717, 1.165) is 12.8 Å². The van der Waals surface area contributed by atoms with E-state index in [1.54, 1.807) is 18.2 Å². The zero-order valence-corrected chi connectivity index (χ0v) is 11.5. The number of benzene rings is 1. The molecule has 2 saturated carbocycles. The maximum atomic E-state index is 12.4. The average molecular weight is 288 g/mol. The Hall–Kier alpha value is -2.24. The van der Waals surface area contributed by atoms with E-state index >= 15 is 0 Å². The number of hydrogen-bond donors (Lipinski definition) is 2. The fourth-order valence-electron chi connectivity index (χ4n) is 2.46. The van der Waals surface area contributed by atoms with E-state index in [0.29, 0.717) is 30.0 Å². The van der Waals surface area contributed by atoms with Crippen LogP contribution in [0.2, 0.25) is 0 Å². The largest absolute Gasteiger partial charge is 0.454 e. The fourth-order valence-corrected chi connectivity index (χ4v) is 2.46. The summed E-state index contributed by atoms with van der Waals surface area (Å²) in [7, 11) is 0. The Labute approximate surface area is 121 Å². The van der Waals surface area contributed by atoms with Crippen molar-refractivity contribution >= 4 is 17.5 Å². The lowest BCUT2D eigenvalue weighted by atomic mass is 10.0. The van der Waals surface area contributed by atoms with Gasteiger partial charge in [0.2, 0.25) is 18.6 Å². The van der Waals surface area contributed by atoms with Crippen LogP contribution in [0.4, 0.5) is 5.69 Å². The molecule has 1 heterocycles. The first-order valence-corrected chi connectivity index (χ1v) is 7.19. The number of carbonyl (C=O) groups excluding carboxylic acids is 2. The first-order chi connectivity index (χ1) is 10.2. The van der Waals surface area contributed by atoms with Crippen molar-refractivity contribution in [1.82, 2.24) is 5.32 Å². The average Bonchev–Trinajstić information content (AvgIpc) is 3.37. The zero-order chi connectivity index (χ0) is 14.4. The molecule has 0 spiro atoms. The summed E-state index contributed by atoms with van der Waals surface area (Å²) in [5.41, 5.74) is -0.256. The van der Waals surface area contributed by atoms with E-state index in [1.807, 2.05) is 0 Å². The number of carbonyl (C=O) groups is 2. The lowest BCUT2D eigenvalue weighted by molar-refractivity contribution is -0.134. The molecule has 0 atom stereocenters. The molecular formula is C15H16N2O4. The van der Waals surface area contributed by atoms with Crippen LogP contribution in [0.3, 0.4) is 0 Å². The minimum atomic E-state index is -0.876. The highest BCUT2D eigenvalue weighted by atomic mass is 16.7. The maximum Gasteiger partial charge on any atom is 0.240 e. The summed E-state index contributed by atoms with van der Waals surface area (Å²) < 4.78 is 10.5. The maximum absolute atomic E-state index is 12.4. The van der Waals surface area contributed by atoms with Crippen molar-refractivity contribution in [3.63, 3.8) is 0 Å². The normalized spacial score (nSPS) is 20.8. The molecule has 0 saturated heterocycles. The third-order valence-electron chi connectivity index (χ3n) is 4.16. The van der Waals surface area contributed by atoms with Crippen LogP contribution in [-0.2, 0) is 9.59 Å². The minimum absolute atomic E-state index is 0.136. The van der Waals surface area contributed by atoms with Gasteiger partial charge in [0.1, 0.15) is 5.41 Å². The minimum Gasteiger partial charge on any atom is -0.454 e. The fraction of sp³-hybridized carbons (Fsp3) is 0.467. The number of nitrogens with one attached hydrogen (secondary N) is 2. The summed E-state index contributed by atoms with van der Waals surface area (Å²) in [6.45, 7) is 0.195. The lowest BCUT2D eigenvalue weighted by Gasteiger charge is -2.15. The molecule has 6 heteroatoms. The molecule has 6 nitrogen and oxygen atoms in total. The standard InChI is InChI=1S/C15H16N2O4/c18-13(16-9-1-2-9)15(5-6-15)14(19)17-10-3-4-11-12(7-10)21-8-20-11/h3-4,7,9H,1-2,5-6,8H2,(H,16,18)(H,17,19). The Balaban J connectivity index is 1.46. The quantitative estimate of drug-likeness (QED) is 0.821. The highest BCUT2D eigenvalue weighted by Gasteiger charge is 2.57. The third-order valence-corrected chi connectivity index (χ3v) is 4.16. The van der Waals surface area contributed by atoms with Crippen LogP contribution in [0.1, 0.15) is 25.7 Å². The molecule has 0 bridgehead atoms. The van der Waals surface area contributed by atoms with Gasteiger partial charge in [-0.2, -0.15) is 0 Å². The second-order valence-electron chi connectivity index (χ2n) is 5.85. The van der Waals surface area contributed by atoms with Crippen molar-refractivity contribution in [2.45, 2.75) is 31.7 Å². The van der Waals surface area contributed by atoms with Gasteiger partial charge < -0.3 is 20.1 Å². The number of anilines is 1. The molecule has 0 radical (unpaired) electrons. The van der Waals surface area contributed by atoms with Gasteiger partial charge in [0.15, 0.2) is 11.5 Å². The number of amides is 2. The van der Waals surface area contributed by atoms with Crippen LogP contribution in [0.25, 0.3) is 0 Å². The van der Waals surface area contributed by atoms with Crippen LogP contribution >= 0.6 is 0 Å². The Bertz CT molecular complexity index is 620. The van der Waals surface area contributed by atoms with Crippen molar-refractivity contribution in [1.29, 1.82) is 0 Å². The second kappa shape index (κ2) is 4.38. The molecule has 4 rings (SSSR count). The molecule has 110 valence electrons. The molecule has 1 aliphatic heterocycles. The van der Waals surface area contributed by atoms with E-state index in [-0.39, 0.29) is 24.6 Å². The molecule has 0 unspecified atom stereocenters. The van der Waals surface area contributed by atoms with Gasteiger partial charge in [0.25, 0.3) is 0 Å². The van der Waals surface area contributed by atoms with E-state index in [1.165, 1.54) is 0 Å². The molecule has 0 aromatic heterocycles. The molecule has 3 aliphatic rings. The van der Waals surface area contributed by atoms with Crippen molar-refractivity contribution in [2.24, 2.45) is 5.41 Å². The number of ether oxygens (including phenoxy) is 2. The van der Waals surface area contributed by atoms with Gasteiger partial charge in [-0.25, -0.2) is 0 Å². The van der Waals surface area contributed by atoms with Crippen molar-refractivity contribution < 1.29 is 19.1 Å². The van der Waals surface area contributed by atoms with Gasteiger partial charge in [-0.15, -0.1) is 0 Å². The highest BCUT2D eigenvalue weighted by Crippen LogP contribution is 2.47. The Morgan fingerprint density at radius 2 is 1.86 bits per heavy atom. The second-order valence-corrected chi connectivity index (χ2v) is 5.85. The predicted octanol–water partition coefficient (Wildman–Crippen LogP) is 1.41. The van der Waals surface area contributed by atoms with Gasteiger partial charge in [-0.05, 0) is 37.8 Å². The van der Waals surface area contributed by atoms with E-state index in [9.17, 15) is 9.59 Å². The molecule has 2 aliphatic carbocycles. The highest BCUT2D eigenvalue weighted by molar-refractivity contribution is 6.13. The summed E-state index contributed by atoms with van der Waals surface area (Å²) in [5, 5.41) is 5.73. The zero-order valence-electron chi connectivity index (χ0n) is 11.5. The van der Waals surface area contributed by atoms with Crippen LogP contribution in [0.5, 0.6) is 11.5 Å². The number of hydrogen-bond acceptors (Lipinski definition) is 4. The molecule has 2 fully saturated rings. The van der Waals surface area contributed by atoms with Gasteiger partial charge in [-0.3, -0.25) is 9.59 Å². The van der Waals surface area contributed by atoms with Crippen LogP contribution in [0.15, 0.2) is 18.2 Å². The SMILES string of the molecule is O=C(Nc1ccc2c(c1)OCO2)C1(C(=O)NC2CC2)CC1. The topological polar surface area (TPSA) is 76.7 Å². The van der Waals surface area contributed by atoms with Crippen LogP contribution in [-0.4, -0.2) is 24.6 Å². The summed E-state index contributed by atoms with van der Waals surface area (Å²) >= 11 is 0. The van der Waals surface area contributed by atoms with Crippen LogP contribution in [0, 0.1) is 5.41 Å². The molecule has 1 aromatic carbocycles. The number of rotatable bonds is 4. The first-order valence-electron chi connectivity index (χ1n) is 7.19. The van der Waals surface area contributed by atoms with E-state index in [2.05, 4.69) is 10.6 Å². The Morgan fingerprint density at radius 3 is 2.57 bits per heavy atom. The summed E-state index contributed by atoms with van der Waals surface area (Å²) in [4.78, 5) is 24.6. The Kier molecular flexibility index (Phi) is 2.60. The summed E-state index contributed by atoms with van der Waals surface area (Å²) in [5.74, 6) is 0.906. The molecule has 2 amide bonds. The van der Waals surface area contributed by atoms with Gasteiger partial charge >= 0.3 is 0 Å². The monoisotopic (exact) mass is 288 g/mol. The predicted molar refractivity (Wildman–Crippen MR) is 74.0 cm³/mol. The molecule has 1 aromatic rings. The van der Waals surface area contributed by atoms with Crippen LogP contribution < -0.4 is 20.1 Å². The summed E-state index contributed by atoms with van der Waals surface area (Å²) in [6.07, 6.45) is 3.26. The van der Waals surface area contributed by atoms with Crippen molar-refractivity contribution in [3.8, 4) is 11.5 Å². The third kappa shape index (κ3) is 2.20. The molecular weight excluding hydrogens is 272 g/mol. The van der Waals surface area contributed by atoms with Crippen molar-refractivity contribution in [2.75, 3.05) is 12.1 Å². The Morgan fingerprint density at radius 1 is 1.10 bits per heavy atom. The van der Waals surface area contributed by atoms with Gasteiger partial charge in [0.05, 0.1) is 0 Å². The first kappa shape index (κ1) is 12.5. The van der Waals surface area contributed by atoms with Gasteiger partial charge in [-0.1, -0.05) is 0 Å². The molecule has 2 N–H and O–H groups in total. The lowest BCUT2D eigenvalue weighted by Crippen LogP contribution is -2.40. The van der Waals surface area contributed by atoms with E-state index < -0.39 is 5.41 Å². The van der Waals surface area contributed by atoms with Gasteiger partial charge in [0, 0.05) is 17.8 Å². The van der Waals surface area contributed by atoms with E-state index in [4.69, 9.17) is 9.47 Å². The summed E-state index contributed by atoms with van der Waals surface area (Å²) in [6, 6.07) is 5.49. The molecule has 21 heavy (non-hydrogen) atoms. The number of fused-ring (bicyclic) bond motifs is 1. The smallest absolute Gasteiger partial charge is 0.240 e. The van der Waals surface area contributed by atoms with Crippen molar-refractivity contribution in [3.05, 3.63) is 18.2 Å².